The SMILES string of the molecule is O=C1CCC(=C2C[C@H]3[C@@H](C2)[C@H]2C[C@@H]3[C@H](O)C2)CC1. The molecule has 5 atom stereocenters. The van der Waals surface area contributed by atoms with Crippen LogP contribution in [0.2, 0.25) is 0 Å². The molecule has 4 saturated carbocycles. The Hall–Kier alpha value is -0.630. The van der Waals surface area contributed by atoms with Crippen molar-refractivity contribution in [2.45, 2.75) is 57.5 Å². The van der Waals surface area contributed by atoms with E-state index in [1.165, 1.54) is 19.3 Å². The Bertz CT molecular complexity index is 411. The molecular formula is C16H22O2. The van der Waals surface area contributed by atoms with Crippen LogP contribution < -0.4 is 0 Å². The number of aliphatic hydroxyl groups excluding tert-OH is 1. The van der Waals surface area contributed by atoms with Crippen LogP contribution in [0.15, 0.2) is 11.1 Å². The maximum Gasteiger partial charge on any atom is 0.133 e. The monoisotopic (exact) mass is 246 g/mol. The van der Waals surface area contributed by atoms with E-state index in [4.69, 9.17) is 0 Å². The van der Waals surface area contributed by atoms with E-state index in [9.17, 15) is 9.90 Å². The molecule has 2 bridgehead atoms. The van der Waals surface area contributed by atoms with Gasteiger partial charge >= 0.3 is 0 Å². The van der Waals surface area contributed by atoms with Crippen LogP contribution >= 0.6 is 0 Å². The summed E-state index contributed by atoms with van der Waals surface area (Å²) in [5, 5.41) is 10.0. The minimum atomic E-state index is -0.00599. The van der Waals surface area contributed by atoms with Crippen molar-refractivity contribution >= 4 is 5.78 Å². The number of aliphatic hydroxyl groups is 1. The molecule has 0 spiro atoms. The van der Waals surface area contributed by atoms with Crippen molar-refractivity contribution in [2.75, 3.05) is 0 Å². The van der Waals surface area contributed by atoms with Gasteiger partial charge in [0, 0.05) is 12.8 Å². The first-order chi connectivity index (χ1) is 8.72. The summed E-state index contributed by atoms with van der Waals surface area (Å²) in [6, 6.07) is 0. The molecule has 0 aliphatic heterocycles. The van der Waals surface area contributed by atoms with Crippen molar-refractivity contribution in [3.05, 3.63) is 11.1 Å². The van der Waals surface area contributed by atoms with Gasteiger partial charge in [-0.2, -0.15) is 0 Å². The second-order valence-electron chi connectivity index (χ2n) is 6.94. The Morgan fingerprint density at radius 1 is 0.833 bits per heavy atom. The lowest BCUT2D eigenvalue weighted by atomic mass is 9.80. The van der Waals surface area contributed by atoms with E-state index in [-0.39, 0.29) is 6.10 Å². The molecule has 2 heteroatoms. The molecule has 0 aromatic heterocycles. The molecule has 1 N–H and O–H groups in total. The number of carbonyl (C=O) groups excluding carboxylic acids is 1. The Morgan fingerprint density at radius 2 is 1.56 bits per heavy atom. The lowest BCUT2D eigenvalue weighted by Gasteiger charge is -2.27. The second kappa shape index (κ2) is 3.93. The Balaban J connectivity index is 1.54. The number of fused-ring (bicyclic) bond motifs is 5. The molecule has 4 fully saturated rings. The van der Waals surface area contributed by atoms with Gasteiger partial charge in [0.25, 0.3) is 0 Å². The minimum Gasteiger partial charge on any atom is -0.393 e. The van der Waals surface area contributed by atoms with Crippen LogP contribution in [0.5, 0.6) is 0 Å². The topological polar surface area (TPSA) is 37.3 Å². The van der Waals surface area contributed by atoms with Crippen LogP contribution in [-0.4, -0.2) is 17.0 Å². The fraction of sp³-hybridized carbons (Fsp3) is 0.812. The molecular weight excluding hydrogens is 224 g/mol. The third-order valence-corrected chi connectivity index (χ3v) is 6.19. The van der Waals surface area contributed by atoms with Gasteiger partial charge in [-0.1, -0.05) is 11.1 Å². The van der Waals surface area contributed by atoms with Crippen molar-refractivity contribution in [2.24, 2.45) is 23.7 Å². The lowest BCUT2D eigenvalue weighted by Crippen LogP contribution is -2.27. The third kappa shape index (κ3) is 1.54. The third-order valence-electron chi connectivity index (χ3n) is 6.19. The highest BCUT2D eigenvalue weighted by Crippen LogP contribution is 2.60. The van der Waals surface area contributed by atoms with E-state index in [0.717, 1.165) is 49.9 Å². The largest absolute Gasteiger partial charge is 0.393 e. The molecule has 98 valence electrons. The van der Waals surface area contributed by atoms with E-state index in [1.54, 1.807) is 11.1 Å². The van der Waals surface area contributed by atoms with E-state index >= 15 is 0 Å². The Labute approximate surface area is 108 Å². The molecule has 4 aliphatic rings. The first kappa shape index (κ1) is 11.2. The van der Waals surface area contributed by atoms with E-state index in [2.05, 4.69) is 0 Å². The van der Waals surface area contributed by atoms with Gasteiger partial charge in [-0.05, 0) is 62.2 Å². The second-order valence-corrected chi connectivity index (χ2v) is 6.94. The molecule has 4 aliphatic carbocycles. The standard InChI is InChI=1S/C16H22O2/c17-12-3-1-9(2-4-12)10-5-13-11-7-15(14(13)6-10)16(18)8-11/h11,13-16,18H,1-8H2/t11-,13-,14-,15-,16+/m0/s1. The molecule has 0 unspecified atom stereocenters. The quantitative estimate of drug-likeness (QED) is 0.667. The fourth-order valence-corrected chi connectivity index (χ4v) is 5.31. The number of ketones is 1. The maximum absolute atomic E-state index is 11.3. The van der Waals surface area contributed by atoms with E-state index < -0.39 is 0 Å². The average Bonchev–Trinajstić information content (AvgIpc) is 2.99. The summed E-state index contributed by atoms with van der Waals surface area (Å²) in [6.07, 6.45) is 8.51. The van der Waals surface area contributed by atoms with Gasteiger partial charge < -0.3 is 5.11 Å². The number of carbonyl (C=O) groups is 1. The van der Waals surface area contributed by atoms with Gasteiger partial charge in [-0.15, -0.1) is 0 Å². The minimum absolute atomic E-state index is 0.00599. The van der Waals surface area contributed by atoms with Gasteiger partial charge in [0.2, 0.25) is 0 Å². The summed E-state index contributed by atoms with van der Waals surface area (Å²) in [4.78, 5) is 11.3. The number of hydrogen-bond donors (Lipinski definition) is 1. The highest BCUT2D eigenvalue weighted by Gasteiger charge is 2.54. The maximum atomic E-state index is 11.3. The number of hydrogen-bond acceptors (Lipinski definition) is 2. The van der Waals surface area contributed by atoms with E-state index in [1.807, 2.05) is 0 Å². The van der Waals surface area contributed by atoms with Gasteiger partial charge in [-0.3, -0.25) is 4.79 Å². The van der Waals surface area contributed by atoms with Crippen LogP contribution in [0.25, 0.3) is 0 Å². The molecule has 0 heterocycles. The number of Topliss-reactive ketones (excluding diaryl/α,β-unsaturated/α-hetero) is 1. The molecule has 2 nitrogen and oxygen atoms in total. The van der Waals surface area contributed by atoms with Gasteiger partial charge in [-0.25, -0.2) is 0 Å². The normalized spacial score (nSPS) is 46.9. The molecule has 18 heavy (non-hydrogen) atoms. The van der Waals surface area contributed by atoms with Gasteiger partial charge in [0.1, 0.15) is 5.78 Å². The molecule has 0 aromatic carbocycles. The molecule has 0 radical (unpaired) electrons. The summed E-state index contributed by atoms with van der Waals surface area (Å²) in [5.41, 5.74) is 3.29. The molecule has 0 saturated heterocycles. The van der Waals surface area contributed by atoms with Crippen molar-refractivity contribution in [3.63, 3.8) is 0 Å². The predicted octanol–water partition coefficient (Wildman–Crippen LogP) is 2.85. The van der Waals surface area contributed by atoms with Crippen molar-refractivity contribution < 1.29 is 9.90 Å². The molecule has 0 amide bonds. The zero-order valence-electron chi connectivity index (χ0n) is 10.9. The highest BCUT2D eigenvalue weighted by molar-refractivity contribution is 5.80. The summed E-state index contributed by atoms with van der Waals surface area (Å²) in [7, 11) is 0. The highest BCUT2D eigenvalue weighted by atomic mass is 16.3. The van der Waals surface area contributed by atoms with Crippen LogP contribution in [0.1, 0.15) is 51.4 Å². The smallest absolute Gasteiger partial charge is 0.133 e. The van der Waals surface area contributed by atoms with Gasteiger partial charge in [0.05, 0.1) is 6.10 Å². The molecule has 4 rings (SSSR count). The zero-order valence-corrected chi connectivity index (χ0v) is 10.9. The summed E-state index contributed by atoms with van der Waals surface area (Å²) in [5.74, 6) is 3.51. The number of allylic oxidation sites excluding steroid dienone is 2. The predicted molar refractivity (Wildman–Crippen MR) is 68.9 cm³/mol. The van der Waals surface area contributed by atoms with Crippen LogP contribution in [0, 0.1) is 23.7 Å². The Kier molecular flexibility index (Phi) is 2.45. The zero-order chi connectivity index (χ0) is 12.3. The van der Waals surface area contributed by atoms with Crippen LogP contribution in [0.4, 0.5) is 0 Å². The summed E-state index contributed by atoms with van der Waals surface area (Å²) >= 11 is 0. The van der Waals surface area contributed by atoms with Crippen molar-refractivity contribution in [3.8, 4) is 0 Å². The first-order valence-electron chi connectivity index (χ1n) is 7.62. The number of rotatable bonds is 0. The van der Waals surface area contributed by atoms with Crippen molar-refractivity contribution in [1.29, 1.82) is 0 Å². The van der Waals surface area contributed by atoms with Crippen LogP contribution in [0.3, 0.4) is 0 Å². The summed E-state index contributed by atoms with van der Waals surface area (Å²) < 4.78 is 0. The fourth-order valence-electron chi connectivity index (χ4n) is 5.31. The van der Waals surface area contributed by atoms with Crippen molar-refractivity contribution in [1.82, 2.24) is 0 Å². The first-order valence-corrected chi connectivity index (χ1v) is 7.62. The molecule has 0 aromatic rings. The van der Waals surface area contributed by atoms with Gasteiger partial charge in [0.15, 0.2) is 0 Å². The van der Waals surface area contributed by atoms with E-state index in [0.29, 0.717) is 11.7 Å². The summed E-state index contributed by atoms with van der Waals surface area (Å²) in [6.45, 7) is 0. The van der Waals surface area contributed by atoms with Crippen LogP contribution in [-0.2, 0) is 4.79 Å². The lowest BCUT2D eigenvalue weighted by molar-refractivity contribution is -0.119. The average molecular weight is 246 g/mol. The Morgan fingerprint density at radius 3 is 2.33 bits per heavy atom.